The van der Waals surface area contributed by atoms with Crippen LogP contribution in [-0.4, -0.2) is 56.7 Å². The van der Waals surface area contributed by atoms with E-state index in [9.17, 15) is 9.90 Å². The standard InChI is InChI=1S/C26H26N4O4/c1-16-14-30(10-11-33-16)25(31)18-6-4-17(5-7-18)21-13-20-24(34-21)23(29-15-28-20)19-8-9-27-22(12-19)26(2,3)32/h4-9,12-13,15-16,32H,10-11,14H2,1-3H3/t16-/m1/s1. The summed E-state index contributed by atoms with van der Waals surface area (Å²) in [5, 5.41) is 10.3. The van der Waals surface area contributed by atoms with Gasteiger partial charge >= 0.3 is 0 Å². The molecule has 0 aliphatic carbocycles. The molecular weight excluding hydrogens is 432 g/mol. The number of furan rings is 1. The van der Waals surface area contributed by atoms with Crippen molar-refractivity contribution in [3.63, 3.8) is 0 Å². The van der Waals surface area contributed by atoms with Gasteiger partial charge in [-0.05, 0) is 45.0 Å². The third-order valence-corrected chi connectivity index (χ3v) is 5.92. The van der Waals surface area contributed by atoms with Gasteiger partial charge in [0.2, 0.25) is 0 Å². The Labute approximate surface area is 197 Å². The fourth-order valence-corrected chi connectivity index (χ4v) is 4.08. The van der Waals surface area contributed by atoms with Crippen LogP contribution in [0.3, 0.4) is 0 Å². The number of aromatic nitrogens is 3. The molecule has 5 rings (SSSR count). The van der Waals surface area contributed by atoms with Crippen LogP contribution >= 0.6 is 0 Å². The first kappa shape index (κ1) is 22.2. The summed E-state index contributed by atoms with van der Waals surface area (Å²) in [5.74, 6) is 0.632. The summed E-state index contributed by atoms with van der Waals surface area (Å²) in [6.07, 6.45) is 3.18. The summed E-state index contributed by atoms with van der Waals surface area (Å²) in [5.41, 5.74) is 3.55. The van der Waals surface area contributed by atoms with Crippen LogP contribution in [0.15, 0.2) is 59.4 Å². The summed E-state index contributed by atoms with van der Waals surface area (Å²) in [6, 6.07) is 12.9. The van der Waals surface area contributed by atoms with Crippen molar-refractivity contribution in [3.05, 3.63) is 66.2 Å². The molecule has 0 spiro atoms. The minimum Gasteiger partial charge on any atom is -0.452 e. The van der Waals surface area contributed by atoms with Crippen LogP contribution < -0.4 is 0 Å². The zero-order chi connectivity index (χ0) is 23.9. The Hall–Kier alpha value is -3.62. The van der Waals surface area contributed by atoms with E-state index in [0.717, 1.165) is 11.1 Å². The number of morpholine rings is 1. The second-order valence-corrected chi connectivity index (χ2v) is 9.05. The van der Waals surface area contributed by atoms with Gasteiger partial charge in [-0.1, -0.05) is 12.1 Å². The highest BCUT2D eigenvalue weighted by Gasteiger charge is 2.23. The molecule has 0 bridgehead atoms. The summed E-state index contributed by atoms with van der Waals surface area (Å²) in [7, 11) is 0. The Morgan fingerprint density at radius 3 is 2.62 bits per heavy atom. The van der Waals surface area contributed by atoms with Crippen molar-refractivity contribution in [1.29, 1.82) is 0 Å². The molecule has 4 heterocycles. The van der Waals surface area contributed by atoms with E-state index in [1.54, 1.807) is 26.1 Å². The van der Waals surface area contributed by atoms with Crippen molar-refractivity contribution in [3.8, 4) is 22.6 Å². The highest BCUT2D eigenvalue weighted by Crippen LogP contribution is 2.33. The number of nitrogens with zero attached hydrogens (tertiary/aromatic N) is 4. The first-order valence-electron chi connectivity index (χ1n) is 11.2. The van der Waals surface area contributed by atoms with Crippen molar-refractivity contribution < 1.29 is 19.1 Å². The summed E-state index contributed by atoms with van der Waals surface area (Å²) in [4.78, 5) is 27.7. The quantitative estimate of drug-likeness (QED) is 0.492. The summed E-state index contributed by atoms with van der Waals surface area (Å²) < 4.78 is 11.7. The zero-order valence-corrected chi connectivity index (χ0v) is 19.4. The minimum atomic E-state index is -1.07. The average Bonchev–Trinajstić information content (AvgIpc) is 3.28. The molecule has 4 aromatic rings. The molecule has 174 valence electrons. The number of pyridine rings is 1. The van der Waals surface area contributed by atoms with E-state index in [-0.39, 0.29) is 12.0 Å². The van der Waals surface area contributed by atoms with E-state index < -0.39 is 5.60 Å². The van der Waals surface area contributed by atoms with E-state index >= 15 is 0 Å². The van der Waals surface area contributed by atoms with Crippen LogP contribution in [0, 0.1) is 0 Å². The number of carbonyl (C=O) groups excluding carboxylic acids is 1. The molecule has 1 amide bonds. The number of ether oxygens (including phenoxy) is 1. The Morgan fingerprint density at radius 2 is 1.88 bits per heavy atom. The molecule has 1 aliphatic rings. The lowest BCUT2D eigenvalue weighted by Gasteiger charge is -2.31. The van der Waals surface area contributed by atoms with Crippen LogP contribution in [0.25, 0.3) is 33.7 Å². The van der Waals surface area contributed by atoms with E-state index in [2.05, 4.69) is 15.0 Å². The number of benzene rings is 1. The van der Waals surface area contributed by atoms with Crippen LogP contribution in [0.4, 0.5) is 0 Å². The lowest BCUT2D eigenvalue weighted by atomic mass is 10.0. The summed E-state index contributed by atoms with van der Waals surface area (Å²) >= 11 is 0. The smallest absolute Gasteiger partial charge is 0.254 e. The van der Waals surface area contributed by atoms with Crippen molar-refractivity contribution in [1.82, 2.24) is 19.9 Å². The molecule has 0 unspecified atom stereocenters. The van der Waals surface area contributed by atoms with Gasteiger partial charge in [0, 0.05) is 42.0 Å². The largest absolute Gasteiger partial charge is 0.452 e. The van der Waals surface area contributed by atoms with Gasteiger partial charge in [0.1, 0.15) is 28.9 Å². The molecule has 1 fully saturated rings. The van der Waals surface area contributed by atoms with Crippen molar-refractivity contribution in [2.75, 3.05) is 19.7 Å². The molecule has 0 saturated carbocycles. The first-order valence-corrected chi connectivity index (χ1v) is 11.2. The fourth-order valence-electron chi connectivity index (χ4n) is 4.08. The number of hydrogen-bond donors (Lipinski definition) is 1. The fraction of sp³-hybridized carbons (Fsp3) is 0.308. The molecule has 1 N–H and O–H groups in total. The van der Waals surface area contributed by atoms with Gasteiger partial charge in [0.25, 0.3) is 5.91 Å². The van der Waals surface area contributed by atoms with E-state index in [0.29, 0.717) is 53.5 Å². The van der Waals surface area contributed by atoms with Gasteiger partial charge in [-0.2, -0.15) is 0 Å². The maximum atomic E-state index is 12.8. The van der Waals surface area contributed by atoms with Gasteiger partial charge < -0.3 is 19.2 Å². The van der Waals surface area contributed by atoms with Gasteiger partial charge in [0.15, 0.2) is 5.58 Å². The van der Waals surface area contributed by atoms with Crippen molar-refractivity contribution >= 4 is 17.0 Å². The van der Waals surface area contributed by atoms with Gasteiger partial charge in [0.05, 0.1) is 18.4 Å². The Bertz CT molecular complexity index is 1340. The molecule has 0 radical (unpaired) electrons. The Kier molecular flexibility index (Phi) is 5.63. The minimum absolute atomic E-state index is 0.000224. The van der Waals surface area contributed by atoms with E-state index in [1.165, 1.54) is 6.33 Å². The monoisotopic (exact) mass is 458 g/mol. The molecule has 1 aliphatic heterocycles. The molecule has 1 atom stereocenters. The average molecular weight is 459 g/mol. The third kappa shape index (κ3) is 4.30. The predicted octanol–water partition coefficient (Wildman–Crippen LogP) is 4.04. The summed E-state index contributed by atoms with van der Waals surface area (Å²) in [6.45, 7) is 7.10. The number of hydrogen-bond acceptors (Lipinski definition) is 7. The lowest BCUT2D eigenvalue weighted by Crippen LogP contribution is -2.44. The van der Waals surface area contributed by atoms with Gasteiger partial charge in [-0.3, -0.25) is 9.78 Å². The number of carbonyl (C=O) groups is 1. The van der Waals surface area contributed by atoms with Crippen LogP contribution in [0.2, 0.25) is 0 Å². The number of aliphatic hydroxyl groups is 1. The van der Waals surface area contributed by atoms with Gasteiger partial charge in [-0.15, -0.1) is 0 Å². The molecule has 34 heavy (non-hydrogen) atoms. The Morgan fingerprint density at radius 1 is 1.09 bits per heavy atom. The number of amides is 1. The van der Waals surface area contributed by atoms with E-state index in [4.69, 9.17) is 9.15 Å². The molecule has 3 aromatic heterocycles. The second-order valence-electron chi connectivity index (χ2n) is 9.05. The Balaban J connectivity index is 1.45. The maximum absolute atomic E-state index is 12.8. The number of fused-ring (bicyclic) bond motifs is 1. The highest BCUT2D eigenvalue weighted by atomic mass is 16.5. The van der Waals surface area contributed by atoms with Crippen LogP contribution in [-0.2, 0) is 10.3 Å². The highest BCUT2D eigenvalue weighted by molar-refractivity contribution is 5.95. The normalized spacial score (nSPS) is 16.7. The maximum Gasteiger partial charge on any atom is 0.254 e. The van der Waals surface area contributed by atoms with Crippen molar-refractivity contribution in [2.45, 2.75) is 32.5 Å². The molecular formula is C26H26N4O4. The van der Waals surface area contributed by atoms with Crippen molar-refractivity contribution in [2.24, 2.45) is 0 Å². The molecule has 1 aromatic carbocycles. The number of rotatable bonds is 4. The molecule has 1 saturated heterocycles. The molecule has 8 nitrogen and oxygen atoms in total. The predicted molar refractivity (Wildman–Crippen MR) is 127 cm³/mol. The van der Waals surface area contributed by atoms with Gasteiger partial charge in [-0.25, -0.2) is 9.97 Å². The zero-order valence-electron chi connectivity index (χ0n) is 19.4. The van der Waals surface area contributed by atoms with E-state index in [1.807, 2.05) is 48.2 Å². The SMILES string of the molecule is C[C@@H]1CN(C(=O)c2ccc(-c3cc4ncnc(-c5ccnc(C(C)(C)O)c5)c4o3)cc2)CCO1. The second kappa shape index (κ2) is 8.62. The van der Waals surface area contributed by atoms with Crippen LogP contribution in [0.5, 0.6) is 0 Å². The van der Waals surface area contributed by atoms with Crippen LogP contribution in [0.1, 0.15) is 36.8 Å². The third-order valence-electron chi connectivity index (χ3n) is 5.92. The molecule has 8 heteroatoms. The topological polar surface area (TPSA) is 102 Å². The first-order chi connectivity index (χ1) is 16.3. The lowest BCUT2D eigenvalue weighted by molar-refractivity contribution is -0.0124.